The number of benzene rings is 1. The molecule has 0 bridgehead atoms. The van der Waals surface area contributed by atoms with Crippen LogP contribution in [0.25, 0.3) is 11.0 Å². The minimum Gasteiger partial charge on any atom is -0.349 e. The molecule has 0 spiro atoms. The predicted octanol–water partition coefficient (Wildman–Crippen LogP) is 1.11. The monoisotopic (exact) mass is 294 g/mol. The highest BCUT2D eigenvalue weighted by Crippen LogP contribution is 2.07. The van der Waals surface area contributed by atoms with Gasteiger partial charge in [0, 0.05) is 6.20 Å². The first-order chi connectivity index (χ1) is 10.7. The van der Waals surface area contributed by atoms with Crippen LogP contribution >= 0.6 is 0 Å². The number of hydrogen-bond donors (Lipinski definition) is 1. The molecule has 0 atom stereocenters. The zero-order chi connectivity index (χ0) is 15.4. The lowest BCUT2D eigenvalue weighted by atomic mass is 10.3. The van der Waals surface area contributed by atoms with E-state index in [4.69, 9.17) is 0 Å². The van der Waals surface area contributed by atoms with Crippen LogP contribution in [0.5, 0.6) is 0 Å². The summed E-state index contributed by atoms with van der Waals surface area (Å²) in [6.45, 7) is 0.284. The van der Waals surface area contributed by atoms with Gasteiger partial charge in [-0.05, 0) is 24.3 Å². The van der Waals surface area contributed by atoms with Gasteiger partial charge in [-0.1, -0.05) is 18.2 Å². The van der Waals surface area contributed by atoms with E-state index in [1.807, 2.05) is 30.3 Å². The third-order valence-electron chi connectivity index (χ3n) is 3.25. The van der Waals surface area contributed by atoms with Crippen molar-refractivity contribution in [3.63, 3.8) is 0 Å². The smallest absolute Gasteiger partial charge is 0.269 e. The summed E-state index contributed by atoms with van der Waals surface area (Å²) in [5.74, 6) is -0.246. The molecule has 0 fully saturated rings. The number of para-hydroxylation sites is 2. The van der Waals surface area contributed by atoms with Gasteiger partial charge in [0.15, 0.2) is 0 Å². The van der Waals surface area contributed by atoms with Crippen LogP contribution in [-0.2, 0) is 17.9 Å². The minimum absolute atomic E-state index is 0.0469. The second-order valence-electron chi connectivity index (χ2n) is 4.77. The molecule has 3 aromatic rings. The summed E-state index contributed by atoms with van der Waals surface area (Å²) in [6, 6.07) is 12.7. The van der Waals surface area contributed by atoms with Crippen LogP contribution in [0, 0.1) is 0 Å². The number of carbonyl (C=O) groups is 1. The van der Waals surface area contributed by atoms with Crippen LogP contribution in [0.1, 0.15) is 5.69 Å². The van der Waals surface area contributed by atoms with Crippen molar-refractivity contribution in [1.82, 2.24) is 19.9 Å². The van der Waals surface area contributed by atoms with Gasteiger partial charge >= 0.3 is 0 Å². The van der Waals surface area contributed by atoms with Crippen molar-refractivity contribution in [3.05, 3.63) is 70.9 Å². The van der Waals surface area contributed by atoms with Crippen molar-refractivity contribution in [2.75, 3.05) is 0 Å². The fourth-order valence-corrected chi connectivity index (χ4v) is 2.17. The zero-order valence-corrected chi connectivity index (χ0v) is 11.8. The Kier molecular flexibility index (Phi) is 3.91. The quantitative estimate of drug-likeness (QED) is 0.782. The summed E-state index contributed by atoms with van der Waals surface area (Å²) in [6.07, 6.45) is 2.90. The molecule has 110 valence electrons. The van der Waals surface area contributed by atoms with E-state index < -0.39 is 0 Å². The Balaban J connectivity index is 1.77. The lowest BCUT2D eigenvalue weighted by Crippen LogP contribution is -2.32. The summed E-state index contributed by atoms with van der Waals surface area (Å²) in [5.41, 5.74) is 1.79. The highest BCUT2D eigenvalue weighted by atomic mass is 16.2. The van der Waals surface area contributed by atoms with E-state index >= 15 is 0 Å². The van der Waals surface area contributed by atoms with E-state index in [0.29, 0.717) is 17.6 Å². The summed E-state index contributed by atoms with van der Waals surface area (Å²) in [4.78, 5) is 32.2. The van der Waals surface area contributed by atoms with Gasteiger partial charge in [0.05, 0.1) is 29.5 Å². The molecule has 6 heteroatoms. The second-order valence-corrected chi connectivity index (χ2v) is 4.77. The van der Waals surface area contributed by atoms with Gasteiger partial charge in [-0.3, -0.25) is 19.1 Å². The predicted molar refractivity (Wildman–Crippen MR) is 82.1 cm³/mol. The third kappa shape index (κ3) is 3.01. The molecule has 2 heterocycles. The molecule has 0 saturated heterocycles. The molecule has 0 saturated carbocycles. The van der Waals surface area contributed by atoms with Crippen molar-refractivity contribution < 1.29 is 4.79 Å². The number of nitrogens with one attached hydrogen (secondary N) is 1. The van der Waals surface area contributed by atoms with Crippen LogP contribution < -0.4 is 10.9 Å². The van der Waals surface area contributed by atoms with E-state index in [-0.39, 0.29) is 18.0 Å². The standard InChI is InChI=1S/C16H14N4O2/c21-15(19-9-12-5-3-4-8-17-12)11-20-14-7-2-1-6-13(14)18-10-16(20)22/h1-8,10H,9,11H2,(H,19,21). The number of pyridine rings is 1. The first-order valence-electron chi connectivity index (χ1n) is 6.85. The largest absolute Gasteiger partial charge is 0.349 e. The molecule has 1 amide bonds. The molecule has 6 nitrogen and oxygen atoms in total. The minimum atomic E-state index is -0.299. The second kappa shape index (κ2) is 6.17. The number of carbonyl (C=O) groups excluding carboxylic acids is 1. The molecule has 0 radical (unpaired) electrons. The maximum atomic E-state index is 12.1. The third-order valence-corrected chi connectivity index (χ3v) is 3.25. The summed E-state index contributed by atoms with van der Waals surface area (Å²) < 4.78 is 1.41. The average molecular weight is 294 g/mol. The van der Waals surface area contributed by atoms with E-state index in [1.54, 1.807) is 18.3 Å². The van der Waals surface area contributed by atoms with Crippen LogP contribution in [0.3, 0.4) is 0 Å². The maximum Gasteiger partial charge on any atom is 0.269 e. The fourth-order valence-electron chi connectivity index (χ4n) is 2.17. The number of aromatic nitrogens is 3. The van der Waals surface area contributed by atoms with E-state index in [2.05, 4.69) is 15.3 Å². The van der Waals surface area contributed by atoms with Crippen LogP contribution in [0.2, 0.25) is 0 Å². The van der Waals surface area contributed by atoms with Crippen molar-refractivity contribution in [2.24, 2.45) is 0 Å². The van der Waals surface area contributed by atoms with E-state index in [1.165, 1.54) is 10.8 Å². The lowest BCUT2D eigenvalue weighted by Gasteiger charge is -2.09. The first kappa shape index (κ1) is 13.9. The van der Waals surface area contributed by atoms with Crippen molar-refractivity contribution in [1.29, 1.82) is 0 Å². The highest BCUT2D eigenvalue weighted by Gasteiger charge is 2.08. The van der Waals surface area contributed by atoms with Crippen molar-refractivity contribution in [3.8, 4) is 0 Å². The molecule has 2 aromatic heterocycles. The molecular formula is C16H14N4O2. The molecule has 0 unspecified atom stereocenters. The fraction of sp³-hybridized carbons (Fsp3) is 0.125. The molecule has 22 heavy (non-hydrogen) atoms. The van der Waals surface area contributed by atoms with Gasteiger partial charge in [0.25, 0.3) is 5.56 Å². The Morgan fingerprint density at radius 2 is 1.91 bits per heavy atom. The molecule has 0 aliphatic carbocycles. The van der Waals surface area contributed by atoms with Crippen LogP contribution in [0.4, 0.5) is 0 Å². The Morgan fingerprint density at radius 1 is 1.09 bits per heavy atom. The molecule has 1 aromatic carbocycles. The molecule has 3 rings (SSSR count). The Bertz CT molecular complexity index is 859. The van der Waals surface area contributed by atoms with Crippen LogP contribution in [0.15, 0.2) is 59.7 Å². The highest BCUT2D eigenvalue weighted by molar-refractivity contribution is 5.79. The van der Waals surface area contributed by atoms with Gasteiger partial charge in [-0.25, -0.2) is 4.98 Å². The Labute approximate surface area is 126 Å². The SMILES string of the molecule is O=C(Cn1c(=O)cnc2ccccc21)NCc1ccccn1. The van der Waals surface area contributed by atoms with Crippen LogP contribution in [-0.4, -0.2) is 20.4 Å². The van der Waals surface area contributed by atoms with E-state index in [9.17, 15) is 9.59 Å². The van der Waals surface area contributed by atoms with Gasteiger partial charge in [-0.2, -0.15) is 0 Å². The van der Waals surface area contributed by atoms with Crippen molar-refractivity contribution in [2.45, 2.75) is 13.1 Å². The van der Waals surface area contributed by atoms with Gasteiger partial charge in [-0.15, -0.1) is 0 Å². The molecule has 0 aliphatic rings. The Hall–Kier alpha value is -3.02. The molecular weight excluding hydrogens is 280 g/mol. The average Bonchev–Trinajstić information content (AvgIpc) is 2.56. The number of rotatable bonds is 4. The van der Waals surface area contributed by atoms with Gasteiger partial charge in [0.2, 0.25) is 5.91 Å². The maximum absolute atomic E-state index is 12.1. The first-order valence-corrected chi connectivity index (χ1v) is 6.85. The number of fused-ring (bicyclic) bond motifs is 1. The van der Waals surface area contributed by atoms with Gasteiger partial charge in [0.1, 0.15) is 6.54 Å². The number of amides is 1. The molecule has 1 N–H and O–H groups in total. The lowest BCUT2D eigenvalue weighted by molar-refractivity contribution is -0.121. The number of hydrogen-bond acceptors (Lipinski definition) is 4. The Morgan fingerprint density at radius 3 is 2.73 bits per heavy atom. The molecule has 0 aliphatic heterocycles. The summed E-state index contributed by atoms with van der Waals surface area (Å²) in [7, 11) is 0. The van der Waals surface area contributed by atoms with Crippen molar-refractivity contribution >= 4 is 16.9 Å². The topological polar surface area (TPSA) is 76.9 Å². The summed E-state index contributed by atoms with van der Waals surface area (Å²) in [5, 5.41) is 2.76. The zero-order valence-electron chi connectivity index (χ0n) is 11.8. The van der Waals surface area contributed by atoms with E-state index in [0.717, 1.165) is 5.69 Å². The normalized spacial score (nSPS) is 10.5. The number of nitrogens with zero attached hydrogens (tertiary/aromatic N) is 3. The summed E-state index contributed by atoms with van der Waals surface area (Å²) >= 11 is 0. The van der Waals surface area contributed by atoms with Gasteiger partial charge < -0.3 is 5.32 Å².